The zero-order chi connectivity index (χ0) is 13.8. The van der Waals surface area contributed by atoms with E-state index in [9.17, 15) is 9.59 Å². The van der Waals surface area contributed by atoms with Gasteiger partial charge in [-0.25, -0.2) is 0 Å². The number of carboxylic acid groups (broad SMARTS) is 1. The van der Waals surface area contributed by atoms with Crippen LogP contribution in [-0.2, 0) is 16.1 Å². The molecular formula is C15H19NO3. The van der Waals surface area contributed by atoms with Gasteiger partial charge in [-0.2, -0.15) is 0 Å². The highest BCUT2D eigenvalue weighted by atomic mass is 16.4. The summed E-state index contributed by atoms with van der Waals surface area (Å²) in [4.78, 5) is 25.3. The van der Waals surface area contributed by atoms with Crippen LogP contribution in [0.1, 0.15) is 25.3 Å². The van der Waals surface area contributed by atoms with E-state index in [0.717, 1.165) is 5.56 Å². The van der Waals surface area contributed by atoms with Gasteiger partial charge in [-0.1, -0.05) is 37.3 Å². The monoisotopic (exact) mass is 261 g/mol. The zero-order valence-electron chi connectivity index (χ0n) is 11.1. The smallest absolute Gasteiger partial charge is 0.314 e. The average Bonchev–Trinajstić information content (AvgIpc) is 2.40. The van der Waals surface area contributed by atoms with Crippen molar-refractivity contribution in [2.75, 3.05) is 6.54 Å². The molecule has 2 unspecified atom stereocenters. The number of piperidine rings is 1. The first-order valence-electron chi connectivity index (χ1n) is 6.68. The summed E-state index contributed by atoms with van der Waals surface area (Å²) in [6, 6.07) is 9.70. The Morgan fingerprint density at radius 2 is 2.05 bits per heavy atom. The molecule has 1 aliphatic heterocycles. The molecule has 4 nitrogen and oxygen atoms in total. The fraction of sp³-hybridized carbons (Fsp3) is 0.467. The molecule has 1 fully saturated rings. The van der Waals surface area contributed by atoms with Crippen molar-refractivity contribution in [3.05, 3.63) is 35.9 Å². The highest BCUT2D eigenvalue weighted by molar-refractivity contribution is 6.01. The minimum atomic E-state index is -0.984. The number of benzene rings is 1. The topological polar surface area (TPSA) is 57.6 Å². The van der Waals surface area contributed by atoms with Crippen LogP contribution in [0.25, 0.3) is 0 Å². The van der Waals surface area contributed by atoms with Gasteiger partial charge in [-0.15, -0.1) is 0 Å². The number of likely N-dealkylation sites (tertiary alicyclic amines) is 1. The number of ketones is 1. The molecule has 0 bridgehead atoms. The van der Waals surface area contributed by atoms with Crippen LogP contribution in [0.3, 0.4) is 0 Å². The normalized spacial score (nSPS) is 24.4. The molecule has 0 spiro atoms. The van der Waals surface area contributed by atoms with Crippen LogP contribution in [0.5, 0.6) is 0 Å². The molecule has 0 aliphatic carbocycles. The van der Waals surface area contributed by atoms with Gasteiger partial charge in [0.1, 0.15) is 5.92 Å². The molecule has 0 radical (unpaired) electrons. The minimum absolute atomic E-state index is 0.141. The standard InChI is InChI=1S/C15H19NO3/c1-2-13-14(17)12(15(18)19)8-9-16(13)10-11-6-4-3-5-7-11/h3-7,12-13H,2,8-10H2,1H3,(H,18,19). The van der Waals surface area contributed by atoms with Gasteiger partial charge in [0.15, 0.2) is 5.78 Å². The van der Waals surface area contributed by atoms with E-state index in [0.29, 0.717) is 25.9 Å². The summed E-state index contributed by atoms with van der Waals surface area (Å²) in [6.45, 7) is 3.30. The van der Waals surface area contributed by atoms with Gasteiger partial charge in [0.25, 0.3) is 0 Å². The van der Waals surface area contributed by atoms with Crippen LogP contribution in [0, 0.1) is 5.92 Å². The predicted octanol–water partition coefficient (Wildman–Crippen LogP) is 1.94. The molecule has 1 saturated heterocycles. The largest absolute Gasteiger partial charge is 0.481 e. The van der Waals surface area contributed by atoms with E-state index in [2.05, 4.69) is 4.90 Å². The number of hydrogen-bond donors (Lipinski definition) is 1. The first-order chi connectivity index (χ1) is 9.13. The number of Topliss-reactive ketones (excluding diaryl/α,β-unsaturated/α-hetero) is 1. The maximum absolute atomic E-state index is 12.2. The van der Waals surface area contributed by atoms with Gasteiger partial charge >= 0.3 is 5.97 Å². The molecule has 1 aromatic carbocycles. The molecule has 1 N–H and O–H groups in total. The summed E-state index contributed by atoms with van der Waals surface area (Å²) in [5.74, 6) is -1.95. The first kappa shape index (κ1) is 13.7. The zero-order valence-corrected chi connectivity index (χ0v) is 11.1. The molecule has 0 saturated carbocycles. The quantitative estimate of drug-likeness (QED) is 0.842. The number of aliphatic carboxylic acids is 1. The lowest BCUT2D eigenvalue weighted by molar-refractivity contribution is -0.151. The van der Waals surface area contributed by atoms with E-state index in [4.69, 9.17) is 5.11 Å². The third-order valence-corrected chi connectivity index (χ3v) is 3.73. The highest BCUT2D eigenvalue weighted by Gasteiger charge is 2.38. The second-order valence-electron chi connectivity index (χ2n) is 4.96. The van der Waals surface area contributed by atoms with Crippen LogP contribution < -0.4 is 0 Å². The Bertz CT molecular complexity index is 458. The third-order valence-electron chi connectivity index (χ3n) is 3.73. The molecule has 19 heavy (non-hydrogen) atoms. The molecule has 2 atom stereocenters. The summed E-state index contributed by atoms with van der Waals surface area (Å²) in [7, 11) is 0. The van der Waals surface area contributed by atoms with Crippen LogP contribution in [0.2, 0.25) is 0 Å². The van der Waals surface area contributed by atoms with E-state index in [1.54, 1.807) is 0 Å². The van der Waals surface area contributed by atoms with Crippen LogP contribution in [0.4, 0.5) is 0 Å². The SMILES string of the molecule is CCC1C(=O)C(C(=O)O)CCN1Cc1ccccc1. The molecule has 2 rings (SSSR count). The van der Waals surface area contributed by atoms with Gasteiger partial charge < -0.3 is 5.11 Å². The fourth-order valence-electron chi connectivity index (χ4n) is 2.72. The molecular weight excluding hydrogens is 242 g/mol. The molecule has 102 valence electrons. The van der Waals surface area contributed by atoms with E-state index < -0.39 is 11.9 Å². The van der Waals surface area contributed by atoms with Crippen molar-refractivity contribution < 1.29 is 14.7 Å². The van der Waals surface area contributed by atoms with Crippen molar-refractivity contribution in [3.8, 4) is 0 Å². The lowest BCUT2D eigenvalue weighted by Gasteiger charge is -2.36. The van der Waals surface area contributed by atoms with E-state index in [1.165, 1.54) is 0 Å². The minimum Gasteiger partial charge on any atom is -0.481 e. The summed E-state index contributed by atoms with van der Waals surface area (Å²) >= 11 is 0. The van der Waals surface area contributed by atoms with E-state index >= 15 is 0 Å². The lowest BCUT2D eigenvalue weighted by atomic mass is 9.88. The maximum atomic E-state index is 12.2. The Morgan fingerprint density at radius 1 is 1.37 bits per heavy atom. The summed E-state index contributed by atoms with van der Waals surface area (Å²) in [5.41, 5.74) is 1.16. The first-order valence-corrected chi connectivity index (χ1v) is 6.68. The second kappa shape index (κ2) is 5.97. The van der Waals surface area contributed by atoms with Crippen molar-refractivity contribution in [1.82, 2.24) is 4.90 Å². The number of carbonyl (C=O) groups is 2. The van der Waals surface area contributed by atoms with Gasteiger partial charge in [0.05, 0.1) is 6.04 Å². The Morgan fingerprint density at radius 3 is 2.63 bits per heavy atom. The van der Waals surface area contributed by atoms with Gasteiger partial charge in [0, 0.05) is 13.1 Å². The average molecular weight is 261 g/mol. The Labute approximate surface area is 113 Å². The van der Waals surface area contributed by atoms with Crippen molar-refractivity contribution in [1.29, 1.82) is 0 Å². The maximum Gasteiger partial charge on any atom is 0.314 e. The van der Waals surface area contributed by atoms with Crippen LogP contribution in [-0.4, -0.2) is 34.3 Å². The summed E-state index contributed by atoms with van der Waals surface area (Å²) in [6.07, 6.45) is 1.08. The number of carboxylic acids is 1. The fourth-order valence-corrected chi connectivity index (χ4v) is 2.72. The molecule has 4 heteroatoms. The Hall–Kier alpha value is -1.68. The molecule has 0 amide bonds. The van der Waals surface area contributed by atoms with E-state index in [1.807, 2.05) is 37.3 Å². The lowest BCUT2D eigenvalue weighted by Crippen LogP contribution is -2.50. The second-order valence-corrected chi connectivity index (χ2v) is 4.96. The number of rotatable bonds is 4. The van der Waals surface area contributed by atoms with Crippen LogP contribution >= 0.6 is 0 Å². The van der Waals surface area contributed by atoms with Crippen molar-refractivity contribution >= 4 is 11.8 Å². The third kappa shape index (κ3) is 3.01. The van der Waals surface area contributed by atoms with E-state index in [-0.39, 0.29) is 11.8 Å². The van der Waals surface area contributed by atoms with Gasteiger partial charge in [-0.05, 0) is 18.4 Å². The number of nitrogens with zero attached hydrogens (tertiary/aromatic N) is 1. The summed E-state index contributed by atoms with van der Waals surface area (Å²) < 4.78 is 0. The Balaban J connectivity index is 2.10. The molecule has 1 aromatic rings. The Kier molecular flexibility index (Phi) is 4.32. The highest BCUT2D eigenvalue weighted by Crippen LogP contribution is 2.23. The number of hydrogen-bond acceptors (Lipinski definition) is 3. The number of carbonyl (C=O) groups excluding carboxylic acids is 1. The van der Waals surface area contributed by atoms with Crippen molar-refractivity contribution in [2.24, 2.45) is 5.92 Å². The predicted molar refractivity (Wildman–Crippen MR) is 71.7 cm³/mol. The molecule has 1 aliphatic rings. The van der Waals surface area contributed by atoms with Crippen LogP contribution in [0.15, 0.2) is 30.3 Å². The van der Waals surface area contributed by atoms with Crippen molar-refractivity contribution in [3.63, 3.8) is 0 Å². The van der Waals surface area contributed by atoms with Crippen molar-refractivity contribution in [2.45, 2.75) is 32.4 Å². The van der Waals surface area contributed by atoms with Gasteiger partial charge in [-0.3, -0.25) is 14.5 Å². The molecule has 0 aromatic heterocycles. The molecule has 1 heterocycles. The summed E-state index contributed by atoms with van der Waals surface area (Å²) in [5, 5.41) is 9.06. The van der Waals surface area contributed by atoms with Gasteiger partial charge in [0.2, 0.25) is 0 Å².